The van der Waals surface area contributed by atoms with E-state index in [9.17, 15) is 14.0 Å². The van der Waals surface area contributed by atoms with Crippen LogP contribution in [0, 0.1) is 5.82 Å². The summed E-state index contributed by atoms with van der Waals surface area (Å²) in [7, 11) is 1.63. The number of nitrogens with one attached hydrogen (secondary N) is 2. The van der Waals surface area contributed by atoms with Gasteiger partial charge in [0.05, 0.1) is 24.3 Å². The highest BCUT2D eigenvalue weighted by atomic mass is 32.2. The van der Waals surface area contributed by atoms with E-state index in [1.54, 1.807) is 19.2 Å². The van der Waals surface area contributed by atoms with Gasteiger partial charge in [0.25, 0.3) is 0 Å². The van der Waals surface area contributed by atoms with Gasteiger partial charge in [0.1, 0.15) is 11.6 Å². The number of carbonyl (C=O) groups is 2. The lowest BCUT2D eigenvalue weighted by molar-refractivity contribution is -0.118. The molecule has 0 heterocycles. The summed E-state index contributed by atoms with van der Waals surface area (Å²) in [6.07, 6.45) is 0. The van der Waals surface area contributed by atoms with Crippen molar-refractivity contribution < 1.29 is 18.7 Å². The van der Waals surface area contributed by atoms with E-state index in [2.05, 4.69) is 10.6 Å². The molecule has 2 amide bonds. The molecule has 5 nitrogen and oxygen atoms in total. The molecule has 0 atom stereocenters. The van der Waals surface area contributed by atoms with Gasteiger partial charge in [-0.05, 0) is 46.7 Å². The zero-order valence-electron chi connectivity index (χ0n) is 15.9. The molecule has 0 saturated carbocycles. The zero-order chi connectivity index (χ0) is 20.6. The van der Waals surface area contributed by atoms with Crippen LogP contribution < -0.4 is 15.4 Å². The van der Waals surface area contributed by atoms with Gasteiger partial charge in [0, 0.05) is 6.54 Å². The molecule has 0 aliphatic heterocycles. The molecule has 0 unspecified atom stereocenters. The van der Waals surface area contributed by atoms with E-state index in [0.717, 1.165) is 22.1 Å². The molecule has 0 aromatic heterocycles. The van der Waals surface area contributed by atoms with Crippen LogP contribution in [0.5, 0.6) is 5.75 Å². The Balaban J connectivity index is 1.42. The number of thioether (sulfide) groups is 1. The molecule has 150 valence electrons. The molecular formula is C22H21FN2O3S. The Morgan fingerprint density at radius 1 is 0.966 bits per heavy atom. The Morgan fingerprint density at radius 3 is 2.48 bits per heavy atom. The molecule has 3 rings (SSSR count). The first kappa shape index (κ1) is 20.7. The van der Waals surface area contributed by atoms with E-state index < -0.39 is 5.82 Å². The van der Waals surface area contributed by atoms with E-state index in [-0.39, 0.29) is 29.0 Å². The third-order valence-corrected chi connectivity index (χ3v) is 5.15. The summed E-state index contributed by atoms with van der Waals surface area (Å²) in [6, 6.07) is 17.8. The number of benzene rings is 3. The van der Waals surface area contributed by atoms with Crippen LogP contribution in [0.2, 0.25) is 0 Å². The molecule has 0 radical (unpaired) electrons. The number of ether oxygens (including phenoxy) is 1. The van der Waals surface area contributed by atoms with E-state index in [4.69, 9.17) is 4.74 Å². The van der Waals surface area contributed by atoms with Crippen LogP contribution in [0.3, 0.4) is 0 Å². The van der Waals surface area contributed by atoms with Crippen LogP contribution in [0.1, 0.15) is 5.56 Å². The second kappa shape index (κ2) is 9.93. The second-order valence-corrected chi connectivity index (χ2v) is 7.33. The average Bonchev–Trinajstić information content (AvgIpc) is 2.73. The van der Waals surface area contributed by atoms with Gasteiger partial charge in [-0.1, -0.05) is 30.3 Å². The van der Waals surface area contributed by atoms with Crippen LogP contribution in [-0.2, 0) is 16.1 Å². The van der Waals surface area contributed by atoms with E-state index in [0.29, 0.717) is 6.54 Å². The molecule has 3 aromatic carbocycles. The number of amides is 2. The SMILES string of the molecule is COc1ccc2cc(CNC(=O)CSCC(=O)Nc3ccccc3F)ccc2c1. The van der Waals surface area contributed by atoms with Crippen molar-refractivity contribution >= 4 is 40.0 Å². The number of halogens is 1. The minimum absolute atomic E-state index is 0.0690. The average molecular weight is 412 g/mol. The Hall–Kier alpha value is -3.06. The maximum absolute atomic E-state index is 13.5. The van der Waals surface area contributed by atoms with E-state index in [1.165, 1.54) is 23.9 Å². The molecule has 29 heavy (non-hydrogen) atoms. The molecule has 0 saturated heterocycles. The van der Waals surface area contributed by atoms with E-state index >= 15 is 0 Å². The number of hydrogen-bond acceptors (Lipinski definition) is 4. The van der Waals surface area contributed by atoms with Crippen molar-refractivity contribution in [3.05, 3.63) is 72.0 Å². The number of methoxy groups -OCH3 is 1. The first-order valence-electron chi connectivity index (χ1n) is 9.00. The van der Waals surface area contributed by atoms with Crippen molar-refractivity contribution in [3.63, 3.8) is 0 Å². The molecule has 0 fully saturated rings. The lowest BCUT2D eigenvalue weighted by Gasteiger charge is -2.08. The van der Waals surface area contributed by atoms with Crippen LogP contribution in [0.25, 0.3) is 10.8 Å². The van der Waals surface area contributed by atoms with Gasteiger partial charge in [-0.15, -0.1) is 11.8 Å². The van der Waals surface area contributed by atoms with Gasteiger partial charge in [-0.25, -0.2) is 4.39 Å². The molecule has 3 aromatic rings. The Morgan fingerprint density at radius 2 is 1.69 bits per heavy atom. The molecule has 0 aliphatic carbocycles. The smallest absolute Gasteiger partial charge is 0.234 e. The molecular weight excluding hydrogens is 391 g/mol. The van der Waals surface area contributed by atoms with Gasteiger partial charge in [-0.3, -0.25) is 9.59 Å². The van der Waals surface area contributed by atoms with E-state index in [1.807, 2.05) is 36.4 Å². The molecule has 0 aliphatic rings. The normalized spacial score (nSPS) is 10.6. The summed E-state index contributed by atoms with van der Waals surface area (Å²) in [6.45, 7) is 0.406. The lowest BCUT2D eigenvalue weighted by Crippen LogP contribution is -2.25. The van der Waals surface area contributed by atoms with Crippen molar-refractivity contribution in [2.45, 2.75) is 6.54 Å². The number of fused-ring (bicyclic) bond motifs is 1. The van der Waals surface area contributed by atoms with Gasteiger partial charge in [0.15, 0.2) is 0 Å². The van der Waals surface area contributed by atoms with Crippen molar-refractivity contribution in [3.8, 4) is 5.75 Å². The maximum atomic E-state index is 13.5. The summed E-state index contributed by atoms with van der Waals surface area (Å²) < 4.78 is 18.7. The van der Waals surface area contributed by atoms with Gasteiger partial charge in [-0.2, -0.15) is 0 Å². The fourth-order valence-electron chi connectivity index (χ4n) is 2.75. The Bertz CT molecular complexity index is 1030. The van der Waals surface area contributed by atoms with Crippen molar-refractivity contribution in [1.29, 1.82) is 0 Å². The third-order valence-electron chi connectivity index (χ3n) is 4.22. The van der Waals surface area contributed by atoms with Crippen molar-refractivity contribution in [2.75, 3.05) is 23.9 Å². The first-order chi connectivity index (χ1) is 14.0. The largest absolute Gasteiger partial charge is 0.497 e. The minimum Gasteiger partial charge on any atom is -0.497 e. The van der Waals surface area contributed by atoms with Crippen LogP contribution >= 0.6 is 11.8 Å². The topological polar surface area (TPSA) is 67.4 Å². The van der Waals surface area contributed by atoms with Crippen LogP contribution in [0.4, 0.5) is 10.1 Å². The summed E-state index contributed by atoms with van der Waals surface area (Å²) in [5.74, 6) is 0.0168. The number of carbonyl (C=O) groups excluding carboxylic acids is 2. The van der Waals surface area contributed by atoms with Crippen molar-refractivity contribution in [2.24, 2.45) is 0 Å². The number of anilines is 1. The lowest BCUT2D eigenvalue weighted by atomic mass is 10.1. The Labute approximate surface area is 172 Å². The van der Waals surface area contributed by atoms with Gasteiger partial charge >= 0.3 is 0 Å². The Kier molecular flexibility index (Phi) is 7.08. The summed E-state index contributed by atoms with van der Waals surface area (Å²) in [5, 5.41) is 7.47. The summed E-state index contributed by atoms with van der Waals surface area (Å²) >= 11 is 1.18. The molecule has 0 spiro atoms. The van der Waals surface area contributed by atoms with Gasteiger partial charge in [0.2, 0.25) is 11.8 Å². The maximum Gasteiger partial charge on any atom is 0.234 e. The predicted octanol–water partition coefficient (Wildman–Crippen LogP) is 3.98. The van der Waals surface area contributed by atoms with Crippen molar-refractivity contribution in [1.82, 2.24) is 5.32 Å². The monoisotopic (exact) mass is 412 g/mol. The number of para-hydroxylation sites is 1. The first-order valence-corrected chi connectivity index (χ1v) is 10.2. The van der Waals surface area contributed by atoms with Crippen LogP contribution in [0.15, 0.2) is 60.7 Å². The fourth-order valence-corrected chi connectivity index (χ4v) is 3.39. The summed E-state index contributed by atoms with van der Waals surface area (Å²) in [5.41, 5.74) is 1.12. The third kappa shape index (κ3) is 5.96. The second-order valence-electron chi connectivity index (χ2n) is 6.34. The zero-order valence-corrected chi connectivity index (χ0v) is 16.7. The van der Waals surface area contributed by atoms with Crippen LogP contribution in [-0.4, -0.2) is 30.4 Å². The highest BCUT2D eigenvalue weighted by molar-refractivity contribution is 8.00. The molecule has 0 bridgehead atoms. The fraction of sp³-hybridized carbons (Fsp3) is 0.182. The number of hydrogen-bond donors (Lipinski definition) is 2. The summed E-state index contributed by atoms with van der Waals surface area (Å²) in [4.78, 5) is 23.9. The quantitative estimate of drug-likeness (QED) is 0.587. The van der Waals surface area contributed by atoms with Gasteiger partial charge < -0.3 is 15.4 Å². The molecule has 7 heteroatoms. The highest BCUT2D eigenvalue weighted by Gasteiger charge is 2.08. The highest BCUT2D eigenvalue weighted by Crippen LogP contribution is 2.21. The standard InChI is InChI=1S/C22H21FN2O3S/c1-28-18-9-8-16-10-15(6-7-17(16)11-18)12-24-21(26)13-29-14-22(27)25-20-5-3-2-4-19(20)23/h2-11H,12-14H2,1H3,(H,24,26)(H,25,27). The predicted molar refractivity (Wildman–Crippen MR) is 115 cm³/mol. The minimum atomic E-state index is -0.488. The number of rotatable bonds is 8. The molecule has 2 N–H and O–H groups in total.